The third-order valence-corrected chi connectivity index (χ3v) is 5.56. The third-order valence-electron chi connectivity index (χ3n) is 5.56. The highest BCUT2D eigenvalue weighted by Gasteiger charge is 2.30. The Bertz CT molecular complexity index is 1230. The molecule has 0 fully saturated rings. The van der Waals surface area contributed by atoms with E-state index in [1.165, 1.54) is 0 Å². The van der Waals surface area contributed by atoms with Crippen molar-refractivity contribution in [1.29, 1.82) is 0 Å². The molecule has 180 valence electrons. The van der Waals surface area contributed by atoms with Crippen LogP contribution in [-0.4, -0.2) is 36.6 Å². The third kappa shape index (κ3) is 6.58. The fraction of sp³-hybridized carbons (Fsp3) is 0.143. The number of aliphatic imine (C=N–C) groups is 2. The molecule has 0 saturated heterocycles. The van der Waals surface area contributed by atoms with Gasteiger partial charge in [0.05, 0.1) is 0 Å². The predicted molar refractivity (Wildman–Crippen MR) is 142 cm³/mol. The van der Waals surface area contributed by atoms with Crippen LogP contribution in [0.3, 0.4) is 0 Å². The second kappa shape index (κ2) is 12.5. The largest absolute Gasteiger partial charge is 0.364 e. The average Bonchev–Trinajstić information content (AvgIpc) is 2.92. The minimum atomic E-state index is -0.733. The number of allylic oxidation sites excluding steroid dienone is 2. The summed E-state index contributed by atoms with van der Waals surface area (Å²) in [6.45, 7) is 0. The molecule has 3 unspecified atom stereocenters. The van der Waals surface area contributed by atoms with Gasteiger partial charge in [0.1, 0.15) is 24.4 Å². The van der Waals surface area contributed by atoms with Gasteiger partial charge in [-0.2, -0.15) is 9.98 Å². The molecule has 0 aromatic heterocycles. The van der Waals surface area contributed by atoms with Crippen LogP contribution in [0, 0.1) is 0 Å². The van der Waals surface area contributed by atoms with Gasteiger partial charge >= 0.3 is 0 Å². The van der Waals surface area contributed by atoms with Crippen LogP contribution in [0.4, 0.5) is 17.1 Å². The smallest absolute Gasteiger partial charge is 0.235 e. The van der Waals surface area contributed by atoms with Crippen LogP contribution >= 0.6 is 0 Å². The second-order valence-corrected chi connectivity index (χ2v) is 8.01. The molecule has 8 nitrogen and oxygen atoms in total. The van der Waals surface area contributed by atoms with E-state index in [1.54, 1.807) is 24.3 Å². The lowest BCUT2D eigenvalue weighted by molar-refractivity contribution is 0.510. The molecule has 3 aromatic carbocycles. The Morgan fingerprint density at radius 3 is 1.50 bits per heavy atom. The summed E-state index contributed by atoms with van der Waals surface area (Å²) in [5.74, 6) is 0. The van der Waals surface area contributed by atoms with E-state index < -0.39 is 18.2 Å². The Hall–Kier alpha value is -4.90. The molecule has 4 N–H and O–H groups in total. The number of para-hydroxylation sites is 3. The zero-order valence-corrected chi connectivity index (χ0v) is 19.4. The molecule has 0 amide bonds. The molecule has 8 heteroatoms. The van der Waals surface area contributed by atoms with Crippen LogP contribution in [0.2, 0.25) is 0 Å². The van der Waals surface area contributed by atoms with Crippen molar-refractivity contribution in [1.82, 2.24) is 5.32 Å². The van der Waals surface area contributed by atoms with Gasteiger partial charge in [0.2, 0.25) is 12.2 Å². The van der Waals surface area contributed by atoms with Gasteiger partial charge in [-0.3, -0.25) is 0 Å². The number of isocyanates is 2. The number of rotatable bonds is 11. The number of carbonyl (C=O) groups excluding carboxylic acids is 2. The number of nitrogens with one attached hydrogen (secondary N) is 4. The molecule has 3 atom stereocenters. The summed E-state index contributed by atoms with van der Waals surface area (Å²) in [5.41, 5.74) is 3.31. The Labute approximate surface area is 209 Å². The number of hydrogen-bond acceptors (Lipinski definition) is 8. The fourth-order valence-electron chi connectivity index (χ4n) is 3.90. The quantitative estimate of drug-likeness (QED) is 0.185. The van der Waals surface area contributed by atoms with Gasteiger partial charge in [0.15, 0.2) is 0 Å². The van der Waals surface area contributed by atoms with Gasteiger partial charge in [0, 0.05) is 22.8 Å². The van der Waals surface area contributed by atoms with Crippen LogP contribution in [0.15, 0.2) is 125 Å². The molecular formula is C28H26N6O2. The summed E-state index contributed by atoms with van der Waals surface area (Å²) in [7, 11) is 0. The van der Waals surface area contributed by atoms with Gasteiger partial charge in [-0.05, 0) is 42.5 Å². The second-order valence-electron chi connectivity index (χ2n) is 8.01. The van der Waals surface area contributed by atoms with Crippen molar-refractivity contribution in [2.24, 2.45) is 9.98 Å². The van der Waals surface area contributed by atoms with Gasteiger partial charge in [-0.1, -0.05) is 66.7 Å². The minimum Gasteiger partial charge on any atom is -0.364 e. The molecule has 1 aliphatic rings. The van der Waals surface area contributed by atoms with Crippen molar-refractivity contribution >= 4 is 29.2 Å². The molecule has 0 spiro atoms. The van der Waals surface area contributed by atoms with E-state index in [0.717, 1.165) is 17.1 Å². The minimum absolute atomic E-state index is 0.379. The van der Waals surface area contributed by atoms with E-state index in [9.17, 15) is 9.59 Å². The monoisotopic (exact) mass is 478 g/mol. The zero-order valence-electron chi connectivity index (χ0n) is 19.4. The summed E-state index contributed by atoms with van der Waals surface area (Å²) < 4.78 is 0. The highest BCUT2D eigenvalue weighted by atomic mass is 16.1. The Morgan fingerprint density at radius 2 is 1.06 bits per heavy atom. The summed E-state index contributed by atoms with van der Waals surface area (Å²) in [4.78, 5) is 29.9. The molecule has 0 heterocycles. The van der Waals surface area contributed by atoms with Crippen molar-refractivity contribution in [2.45, 2.75) is 24.4 Å². The first kappa shape index (κ1) is 24.2. The Morgan fingerprint density at radius 1 is 0.611 bits per heavy atom. The lowest BCUT2D eigenvalue weighted by Crippen LogP contribution is -2.54. The number of anilines is 3. The summed E-state index contributed by atoms with van der Waals surface area (Å²) in [6, 6.07) is 28.1. The van der Waals surface area contributed by atoms with Crippen LogP contribution in [0.1, 0.15) is 0 Å². The molecular weight excluding hydrogens is 452 g/mol. The zero-order chi connectivity index (χ0) is 25.0. The Balaban J connectivity index is 1.70. The van der Waals surface area contributed by atoms with Gasteiger partial charge < -0.3 is 21.3 Å². The molecule has 0 saturated carbocycles. The van der Waals surface area contributed by atoms with Gasteiger partial charge in [0.25, 0.3) is 0 Å². The topological polar surface area (TPSA) is 107 Å². The first-order valence-electron chi connectivity index (χ1n) is 11.5. The first-order valence-corrected chi connectivity index (χ1v) is 11.5. The normalized spacial score (nSPS) is 17.1. The van der Waals surface area contributed by atoms with Crippen molar-refractivity contribution < 1.29 is 9.59 Å². The standard InChI is InChI=1S/C28H26N6O2/c35-19-29-24-17-10-18-25(26(24)30-20-36)34-28(33-23-15-8-3-9-16-23)27(31-21-11-4-1-5-12-21)32-22-13-6-2-7-14-22/h1-18,24,26-28,31-34H. The van der Waals surface area contributed by atoms with Crippen LogP contribution in [-0.2, 0) is 9.59 Å². The van der Waals surface area contributed by atoms with Crippen LogP contribution < -0.4 is 21.3 Å². The molecule has 0 bridgehead atoms. The predicted octanol–water partition coefficient (Wildman–Crippen LogP) is 4.43. The Kier molecular flexibility index (Phi) is 8.43. The number of benzene rings is 3. The first-order chi connectivity index (χ1) is 17.8. The molecule has 3 aromatic rings. The molecule has 0 radical (unpaired) electrons. The van der Waals surface area contributed by atoms with E-state index in [1.807, 2.05) is 97.1 Å². The SMILES string of the molecule is O=C=NC1C=CC=C(NC(Nc2ccccc2)C(Nc2ccccc2)Nc2ccccc2)C1N=C=O. The van der Waals surface area contributed by atoms with E-state index in [-0.39, 0.29) is 6.17 Å². The molecule has 0 aliphatic heterocycles. The van der Waals surface area contributed by atoms with Crippen molar-refractivity contribution in [3.8, 4) is 0 Å². The van der Waals surface area contributed by atoms with E-state index in [2.05, 4.69) is 31.3 Å². The van der Waals surface area contributed by atoms with Crippen LogP contribution in [0.5, 0.6) is 0 Å². The maximum absolute atomic E-state index is 11.2. The molecule has 4 rings (SSSR count). The lowest BCUT2D eigenvalue weighted by Gasteiger charge is -2.35. The summed E-state index contributed by atoms with van der Waals surface area (Å²) in [5, 5.41) is 14.1. The maximum atomic E-state index is 11.2. The average molecular weight is 479 g/mol. The summed E-state index contributed by atoms with van der Waals surface area (Å²) >= 11 is 0. The van der Waals surface area contributed by atoms with Crippen LogP contribution in [0.25, 0.3) is 0 Å². The maximum Gasteiger partial charge on any atom is 0.235 e. The highest BCUT2D eigenvalue weighted by Crippen LogP contribution is 2.21. The highest BCUT2D eigenvalue weighted by molar-refractivity contribution is 5.52. The molecule has 36 heavy (non-hydrogen) atoms. The fourth-order valence-corrected chi connectivity index (χ4v) is 3.90. The van der Waals surface area contributed by atoms with Crippen molar-refractivity contribution in [2.75, 3.05) is 16.0 Å². The van der Waals surface area contributed by atoms with E-state index in [0.29, 0.717) is 5.70 Å². The van der Waals surface area contributed by atoms with Gasteiger partial charge in [-0.15, -0.1) is 0 Å². The summed E-state index contributed by atoms with van der Waals surface area (Å²) in [6.07, 6.45) is 7.62. The van der Waals surface area contributed by atoms with Gasteiger partial charge in [-0.25, -0.2) is 9.59 Å². The number of nitrogens with zero attached hydrogens (tertiary/aromatic N) is 2. The lowest BCUT2D eigenvalue weighted by atomic mass is 10.00. The van der Waals surface area contributed by atoms with Crippen molar-refractivity contribution in [3.63, 3.8) is 0 Å². The van der Waals surface area contributed by atoms with E-state index in [4.69, 9.17) is 0 Å². The van der Waals surface area contributed by atoms with E-state index >= 15 is 0 Å². The van der Waals surface area contributed by atoms with Crippen molar-refractivity contribution in [3.05, 3.63) is 115 Å². The number of hydrogen-bond donors (Lipinski definition) is 4. The molecule has 1 aliphatic carbocycles.